The van der Waals surface area contributed by atoms with Crippen molar-refractivity contribution in [3.8, 4) is 0 Å². The monoisotopic (exact) mass is 317 g/mol. The van der Waals surface area contributed by atoms with E-state index in [4.69, 9.17) is 0 Å². The van der Waals surface area contributed by atoms with Gasteiger partial charge < -0.3 is 15.5 Å². The van der Waals surface area contributed by atoms with Crippen LogP contribution in [0, 0.1) is 5.41 Å². The quantitative estimate of drug-likeness (QED) is 0.897. The highest BCUT2D eigenvalue weighted by Gasteiger charge is 2.21. The minimum atomic E-state index is -0.437. The molecule has 23 heavy (non-hydrogen) atoms. The Morgan fingerprint density at radius 3 is 2.39 bits per heavy atom. The maximum absolute atomic E-state index is 12.2. The zero-order chi connectivity index (χ0) is 16.9. The van der Waals surface area contributed by atoms with E-state index < -0.39 is 5.41 Å². The third-order valence-corrected chi connectivity index (χ3v) is 3.95. The third kappa shape index (κ3) is 5.27. The maximum atomic E-state index is 12.2. The number of piperidine rings is 1. The average molecular weight is 317 g/mol. The molecule has 2 N–H and O–H groups in total. The number of hydrogen-bond donors (Lipinski definition) is 2. The van der Waals surface area contributed by atoms with Crippen molar-refractivity contribution in [3.05, 3.63) is 24.3 Å². The molecule has 1 heterocycles. The minimum Gasteiger partial charge on any atom is -0.376 e. The first-order valence-corrected chi connectivity index (χ1v) is 8.29. The van der Waals surface area contributed by atoms with Crippen LogP contribution in [0.3, 0.4) is 0 Å². The molecule has 0 aromatic heterocycles. The largest absolute Gasteiger partial charge is 0.376 e. The summed E-state index contributed by atoms with van der Waals surface area (Å²) in [6.45, 7) is 7.65. The summed E-state index contributed by atoms with van der Waals surface area (Å²) in [5.74, 6) is 0.105. The molecule has 0 aliphatic carbocycles. The molecule has 5 heteroatoms. The van der Waals surface area contributed by atoms with Crippen LogP contribution in [0.1, 0.15) is 40.0 Å². The predicted octanol–water partition coefficient (Wildman–Crippen LogP) is 3.10. The van der Waals surface area contributed by atoms with Crippen LogP contribution in [0.25, 0.3) is 0 Å². The lowest BCUT2D eigenvalue weighted by Crippen LogP contribution is -2.39. The Kier molecular flexibility index (Phi) is 5.64. The predicted molar refractivity (Wildman–Crippen MR) is 93.4 cm³/mol. The maximum Gasteiger partial charge on any atom is 0.241 e. The molecular formula is C18H27N3O2. The van der Waals surface area contributed by atoms with Crippen molar-refractivity contribution >= 4 is 23.2 Å². The van der Waals surface area contributed by atoms with Gasteiger partial charge in [-0.05, 0) is 37.5 Å². The second-order valence-electron chi connectivity index (χ2n) is 7.08. The molecule has 0 spiro atoms. The Morgan fingerprint density at radius 1 is 1.09 bits per heavy atom. The lowest BCUT2D eigenvalue weighted by atomic mass is 9.95. The first-order chi connectivity index (χ1) is 10.9. The van der Waals surface area contributed by atoms with Crippen molar-refractivity contribution < 1.29 is 9.59 Å². The Bertz CT molecular complexity index is 558. The van der Waals surface area contributed by atoms with E-state index in [1.54, 1.807) is 0 Å². The third-order valence-electron chi connectivity index (χ3n) is 3.95. The molecule has 1 saturated heterocycles. The van der Waals surface area contributed by atoms with Gasteiger partial charge in [0.25, 0.3) is 0 Å². The zero-order valence-corrected chi connectivity index (χ0v) is 14.3. The fourth-order valence-corrected chi connectivity index (χ4v) is 2.46. The van der Waals surface area contributed by atoms with Gasteiger partial charge in [0.2, 0.25) is 11.8 Å². The molecular weight excluding hydrogens is 290 g/mol. The molecule has 1 aromatic carbocycles. The van der Waals surface area contributed by atoms with E-state index in [1.807, 2.05) is 49.9 Å². The van der Waals surface area contributed by atoms with Gasteiger partial charge in [0.1, 0.15) is 0 Å². The van der Waals surface area contributed by atoms with E-state index in [1.165, 1.54) is 6.42 Å². The van der Waals surface area contributed by atoms with Gasteiger partial charge in [-0.3, -0.25) is 9.59 Å². The van der Waals surface area contributed by atoms with Gasteiger partial charge in [0, 0.05) is 29.9 Å². The van der Waals surface area contributed by atoms with Gasteiger partial charge >= 0.3 is 0 Å². The summed E-state index contributed by atoms with van der Waals surface area (Å²) in [6.07, 6.45) is 3.41. The summed E-state index contributed by atoms with van der Waals surface area (Å²) in [6, 6.07) is 7.47. The number of benzene rings is 1. The summed E-state index contributed by atoms with van der Waals surface area (Å²) in [5.41, 5.74) is 1.13. The summed E-state index contributed by atoms with van der Waals surface area (Å²) >= 11 is 0. The zero-order valence-electron chi connectivity index (χ0n) is 14.3. The molecule has 1 fully saturated rings. The van der Waals surface area contributed by atoms with Gasteiger partial charge in [-0.2, -0.15) is 0 Å². The molecule has 0 atom stereocenters. The fraction of sp³-hybridized carbons (Fsp3) is 0.556. The van der Waals surface area contributed by atoms with Crippen molar-refractivity contribution in [2.75, 3.05) is 30.3 Å². The van der Waals surface area contributed by atoms with E-state index >= 15 is 0 Å². The van der Waals surface area contributed by atoms with Crippen LogP contribution in [0.2, 0.25) is 0 Å². The van der Waals surface area contributed by atoms with Crippen molar-refractivity contribution in [1.82, 2.24) is 4.90 Å². The molecule has 0 unspecified atom stereocenters. The summed E-state index contributed by atoms with van der Waals surface area (Å²) < 4.78 is 0. The molecule has 0 bridgehead atoms. The van der Waals surface area contributed by atoms with Crippen molar-refractivity contribution in [2.24, 2.45) is 5.41 Å². The van der Waals surface area contributed by atoms with Crippen LogP contribution in [0.5, 0.6) is 0 Å². The average Bonchev–Trinajstić information content (AvgIpc) is 2.53. The Labute approximate surface area is 138 Å². The van der Waals surface area contributed by atoms with Crippen LogP contribution >= 0.6 is 0 Å². The lowest BCUT2D eigenvalue weighted by molar-refractivity contribution is -0.130. The molecule has 5 nitrogen and oxygen atoms in total. The Hall–Kier alpha value is -2.04. The first-order valence-electron chi connectivity index (χ1n) is 8.29. The number of carbonyl (C=O) groups is 2. The van der Waals surface area contributed by atoms with E-state index in [-0.39, 0.29) is 18.4 Å². The molecule has 0 saturated carbocycles. The van der Waals surface area contributed by atoms with Gasteiger partial charge in [-0.25, -0.2) is 0 Å². The Morgan fingerprint density at radius 2 is 1.74 bits per heavy atom. The minimum absolute atomic E-state index is 0.0287. The number of amides is 2. The summed E-state index contributed by atoms with van der Waals surface area (Å²) in [4.78, 5) is 26.1. The molecule has 0 radical (unpaired) electrons. The second-order valence-corrected chi connectivity index (χ2v) is 7.08. The van der Waals surface area contributed by atoms with Gasteiger partial charge in [-0.15, -0.1) is 0 Å². The summed E-state index contributed by atoms with van der Waals surface area (Å²) in [5, 5.41) is 6.05. The van der Waals surface area contributed by atoms with Crippen molar-refractivity contribution in [1.29, 1.82) is 0 Å². The van der Waals surface area contributed by atoms with Crippen LogP contribution in [0.15, 0.2) is 24.3 Å². The van der Waals surface area contributed by atoms with E-state index in [2.05, 4.69) is 10.6 Å². The van der Waals surface area contributed by atoms with Crippen LogP contribution < -0.4 is 10.6 Å². The molecule has 1 aromatic rings. The highest BCUT2D eigenvalue weighted by Crippen LogP contribution is 2.20. The number of carbonyl (C=O) groups excluding carboxylic acids is 2. The van der Waals surface area contributed by atoms with Crippen LogP contribution in [0.4, 0.5) is 11.4 Å². The van der Waals surface area contributed by atoms with Crippen molar-refractivity contribution in [3.63, 3.8) is 0 Å². The molecule has 126 valence electrons. The Balaban J connectivity index is 1.89. The van der Waals surface area contributed by atoms with Gasteiger partial charge in [-0.1, -0.05) is 26.8 Å². The number of likely N-dealkylation sites (tertiary alicyclic amines) is 1. The number of nitrogens with zero attached hydrogens (tertiary/aromatic N) is 1. The first kappa shape index (κ1) is 17.3. The molecule has 1 aliphatic rings. The smallest absolute Gasteiger partial charge is 0.241 e. The lowest BCUT2D eigenvalue weighted by Gasteiger charge is -2.27. The number of nitrogens with one attached hydrogen (secondary N) is 2. The van der Waals surface area contributed by atoms with Crippen LogP contribution in [-0.4, -0.2) is 36.3 Å². The van der Waals surface area contributed by atoms with Crippen molar-refractivity contribution in [2.45, 2.75) is 40.0 Å². The molecule has 2 rings (SSSR count). The molecule has 1 aliphatic heterocycles. The van der Waals surface area contributed by atoms with E-state index in [9.17, 15) is 9.59 Å². The topological polar surface area (TPSA) is 61.4 Å². The second kappa shape index (κ2) is 7.49. The highest BCUT2D eigenvalue weighted by molar-refractivity contribution is 5.95. The van der Waals surface area contributed by atoms with E-state index in [0.717, 1.165) is 37.3 Å². The summed E-state index contributed by atoms with van der Waals surface area (Å²) in [7, 11) is 0. The van der Waals surface area contributed by atoms with Crippen LogP contribution in [-0.2, 0) is 9.59 Å². The normalized spacial score (nSPS) is 15.2. The van der Waals surface area contributed by atoms with Gasteiger partial charge in [0.15, 0.2) is 0 Å². The van der Waals surface area contributed by atoms with Gasteiger partial charge in [0.05, 0.1) is 6.54 Å². The number of hydrogen-bond acceptors (Lipinski definition) is 3. The fourth-order valence-electron chi connectivity index (χ4n) is 2.46. The number of anilines is 2. The SMILES string of the molecule is CC(C)(C)C(=O)Nc1cccc(NCC(=O)N2CCCCC2)c1. The standard InChI is InChI=1S/C18H27N3O2/c1-18(2,3)17(23)20-15-9-7-8-14(12-15)19-13-16(22)21-10-5-4-6-11-21/h7-9,12,19H,4-6,10-11,13H2,1-3H3,(H,20,23). The number of rotatable bonds is 4. The van der Waals surface area contributed by atoms with E-state index in [0.29, 0.717) is 0 Å². The molecule has 2 amide bonds. The highest BCUT2D eigenvalue weighted by atomic mass is 16.2.